The number of unbranched alkanes of at least 4 members (excludes halogenated alkanes) is 1. The van der Waals surface area contributed by atoms with Crippen molar-refractivity contribution in [2.75, 3.05) is 0 Å². The molecular weight excluding hydrogens is 479 g/mol. The van der Waals surface area contributed by atoms with Gasteiger partial charge in [-0.1, -0.05) is 59.6 Å². The molecule has 0 atom stereocenters. The Kier molecular flexibility index (Phi) is 6.89. The quantitative estimate of drug-likeness (QED) is 0.163. The molecule has 0 spiro atoms. The predicted octanol–water partition coefficient (Wildman–Crippen LogP) is 7.52. The van der Waals surface area contributed by atoms with Crippen LogP contribution in [0.4, 0.5) is 0 Å². The highest BCUT2D eigenvalue weighted by Crippen LogP contribution is 2.37. The number of rotatable bonds is 8. The molecule has 0 N–H and O–H groups in total. The van der Waals surface area contributed by atoms with Crippen molar-refractivity contribution in [2.24, 2.45) is 0 Å². The normalized spacial score (nSPS) is 11.1. The average Bonchev–Trinajstić information content (AvgIpc) is 3.40. The Balaban J connectivity index is 1.48. The van der Waals surface area contributed by atoms with Crippen molar-refractivity contribution in [2.45, 2.75) is 25.8 Å². The third-order valence-electron chi connectivity index (χ3n) is 5.87. The van der Waals surface area contributed by atoms with E-state index in [9.17, 15) is 4.79 Å². The first-order valence-electron chi connectivity index (χ1n) is 11.4. The second-order valence-corrected chi connectivity index (χ2v) is 9.08. The molecule has 0 bridgehead atoms. The molecule has 0 saturated carbocycles. The van der Waals surface area contributed by atoms with Crippen molar-refractivity contribution in [1.82, 2.24) is 19.5 Å². The highest BCUT2D eigenvalue weighted by molar-refractivity contribution is 6.34. The third kappa shape index (κ3) is 5.11. The molecule has 0 saturated heterocycles. The fourth-order valence-electron chi connectivity index (χ4n) is 4.05. The summed E-state index contributed by atoms with van der Waals surface area (Å²) in [5.74, 6) is 0.0915. The van der Waals surface area contributed by atoms with Gasteiger partial charge in [-0.2, -0.15) is 0 Å². The summed E-state index contributed by atoms with van der Waals surface area (Å²) in [6, 6.07) is 20.5. The van der Waals surface area contributed by atoms with Crippen LogP contribution in [0.25, 0.3) is 33.5 Å². The van der Waals surface area contributed by atoms with E-state index in [1.54, 1.807) is 12.5 Å². The van der Waals surface area contributed by atoms with Crippen LogP contribution in [-0.2, 0) is 6.54 Å². The lowest BCUT2D eigenvalue weighted by Crippen LogP contribution is -2.02. The van der Waals surface area contributed by atoms with E-state index in [0.717, 1.165) is 30.5 Å². The zero-order chi connectivity index (χ0) is 24.2. The van der Waals surface area contributed by atoms with Crippen LogP contribution in [0.3, 0.4) is 0 Å². The summed E-state index contributed by atoms with van der Waals surface area (Å²) in [4.78, 5) is 26.8. The smallest absolute Gasteiger partial charge is 0.162 e. The molecular formula is C28H22Cl2N4O. The fraction of sp³-hybridized carbons (Fsp3) is 0.143. The van der Waals surface area contributed by atoms with Gasteiger partial charge in [-0.25, -0.2) is 15.0 Å². The van der Waals surface area contributed by atoms with E-state index in [-0.39, 0.29) is 5.78 Å². The maximum absolute atomic E-state index is 12.9. The Labute approximate surface area is 213 Å². The zero-order valence-electron chi connectivity index (χ0n) is 18.9. The Hall–Kier alpha value is -3.54. The molecule has 0 radical (unpaired) electrons. The van der Waals surface area contributed by atoms with E-state index in [0.29, 0.717) is 44.5 Å². The van der Waals surface area contributed by atoms with E-state index in [2.05, 4.69) is 4.98 Å². The predicted molar refractivity (Wildman–Crippen MR) is 141 cm³/mol. The minimum Gasteiger partial charge on any atom is -0.337 e. The number of carbonyl (C=O) groups is 1. The topological polar surface area (TPSA) is 60.7 Å². The van der Waals surface area contributed by atoms with Gasteiger partial charge in [0.1, 0.15) is 0 Å². The van der Waals surface area contributed by atoms with Crippen molar-refractivity contribution < 1.29 is 4.79 Å². The molecule has 2 aromatic heterocycles. The van der Waals surface area contributed by atoms with Gasteiger partial charge in [0.15, 0.2) is 5.78 Å². The van der Waals surface area contributed by atoms with Crippen molar-refractivity contribution in [3.05, 3.63) is 101 Å². The maximum Gasteiger partial charge on any atom is 0.162 e. The number of ketones is 1. The van der Waals surface area contributed by atoms with Gasteiger partial charge >= 0.3 is 0 Å². The molecule has 174 valence electrons. The summed E-state index contributed by atoms with van der Waals surface area (Å²) in [6.07, 6.45) is 7.66. The van der Waals surface area contributed by atoms with Gasteiger partial charge in [0.05, 0.1) is 38.8 Å². The van der Waals surface area contributed by atoms with E-state index in [4.69, 9.17) is 33.2 Å². The van der Waals surface area contributed by atoms with Crippen molar-refractivity contribution in [3.63, 3.8) is 0 Å². The molecule has 5 nitrogen and oxygen atoms in total. The molecule has 0 aliphatic carbocycles. The van der Waals surface area contributed by atoms with Gasteiger partial charge in [-0.3, -0.25) is 4.79 Å². The van der Waals surface area contributed by atoms with Gasteiger partial charge in [-0.05, 0) is 43.2 Å². The van der Waals surface area contributed by atoms with Gasteiger partial charge < -0.3 is 4.57 Å². The zero-order valence-corrected chi connectivity index (χ0v) is 20.4. The molecule has 0 amide bonds. The van der Waals surface area contributed by atoms with E-state index in [1.165, 1.54) is 0 Å². The summed E-state index contributed by atoms with van der Waals surface area (Å²) in [7, 11) is 0. The Morgan fingerprint density at radius 1 is 0.800 bits per heavy atom. The first-order valence-corrected chi connectivity index (χ1v) is 12.2. The Morgan fingerprint density at radius 3 is 2.09 bits per heavy atom. The summed E-state index contributed by atoms with van der Waals surface area (Å²) >= 11 is 13.1. The minimum atomic E-state index is 0.0915. The molecule has 0 unspecified atom stereocenters. The van der Waals surface area contributed by atoms with Crippen LogP contribution < -0.4 is 0 Å². The molecule has 7 heteroatoms. The third-order valence-corrected chi connectivity index (χ3v) is 6.53. The maximum atomic E-state index is 12.9. The molecule has 35 heavy (non-hydrogen) atoms. The summed E-state index contributed by atoms with van der Waals surface area (Å²) in [5, 5.41) is 1.15. The number of imidazole rings is 1. The number of fused-ring (bicyclic) bond motifs is 1. The van der Waals surface area contributed by atoms with Crippen LogP contribution in [-0.4, -0.2) is 25.3 Å². The highest BCUT2D eigenvalue weighted by Gasteiger charge is 2.18. The molecule has 0 aliphatic rings. The van der Waals surface area contributed by atoms with E-state index in [1.807, 2.05) is 77.5 Å². The van der Waals surface area contributed by atoms with Gasteiger partial charge in [0, 0.05) is 42.0 Å². The van der Waals surface area contributed by atoms with Gasteiger partial charge in [-0.15, -0.1) is 0 Å². The van der Waals surface area contributed by atoms with Crippen LogP contribution in [0, 0.1) is 0 Å². The number of aromatic nitrogens is 4. The minimum absolute atomic E-state index is 0.0915. The largest absolute Gasteiger partial charge is 0.337 e. The monoisotopic (exact) mass is 500 g/mol. The summed E-state index contributed by atoms with van der Waals surface area (Å²) in [5.41, 5.74) is 4.76. The summed E-state index contributed by atoms with van der Waals surface area (Å²) < 4.78 is 2.02. The van der Waals surface area contributed by atoms with Crippen LogP contribution in [0.1, 0.15) is 29.6 Å². The first kappa shape index (κ1) is 23.2. The van der Waals surface area contributed by atoms with Crippen molar-refractivity contribution >= 4 is 40.0 Å². The van der Waals surface area contributed by atoms with Crippen molar-refractivity contribution in [3.8, 4) is 22.5 Å². The molecule has 3 aromatic carbocycles. The summed E-state index contributed by atoms with van der Waals surface area (Å²) in [6.45, 7) is 0.850. The molecule has 0 aliphatic heterocycles. The standard InChI is InChI=1S/C28H22Cl2N4O/c29-22-9-3-1-7-20(22)27-28(21-8-2-4-10-23(21)30)33-25-17-19(12-13-24(25)32-27)26(35)11-5-6-15-34-16-14-31-18-34/h1-4,7-10,12-14,16-18H,5-6,11,15H2. The lowest BCUT2D eigenvalue weighted by molar-refractivity contribution is 0.0979. The number of hydrogen-bond acceptors (Lipinski definition) is 4. The SMILES string of the molecule is O=C(CCCCn1ccnc1)c1ccc2nc(-c3ccccc3Cl)c(-c3ccccc3Cl)nc2c1. The molecule has 0 fully saturated rings. The van der Waals surface area contributed by atoms with E-state index < -0.39 is 0 Å². The van der Waals surface area contributed by atoms with Crippen LogP contribution in [0.2, 0.25) is 10.0 Å². The van der Waals surface area contributed by atoms with Crippen LogP contribution in [0.15, 0.2) is 85.5 Å². The fourth-order valence-corrected chi connectivity index (χ4v) is 4.50. The van der Waals surface area contributed by atoms with E-state index >= 15 is 0 Å². The van der Waals surface area contributed by atoms with Gasteiger partial charge in [0.25, 0.3) is 0 Å². The van der Waals surface area contributed by atoms with Gasteiger partial charge in [0.2, 0.25) is 0 Å². The number of Topliss-reactive ketones (excluding diaryl/α,β-unsaturated/α-hetero) is 1. The highest BCUT2D eigenvalue weighted by atomic mass is 35.5. The second-order valence-electron chi connectivity index (χ2n) is 8.26. The van der Waals surface area contributed by atoms with Crippen LogP contribution >= 0.6 is 23.2 Å². The molecule has 2 heterocycles. The number of aryl methyl sites for hydroxylation is 1. The lowest BCUT2D eigenvalue weighted by Gasteiger charge is -2.13. The molecule has 5 rings (SSSR count). The number of benzene rings is 3. The second kappa shape index (κ2) is 10.4. The number of nitrogens with zero attached hydrogens (tertiary/aromatic N) is 4. The van der Waals surface area contributed by atoms with Crippen LogP contribution in [0.5, 0.6) is 0 Å². The lowest BCUT2D eigenvalue weighted by atomic mass is 10.0. The molecule has 5 aromatic rings. The average molecular weight is 501 g/mol. The number of hydrogen-bond donors (Lipinski definition) is 0. The number of carbonyl (C=O) groups excluding carboxylic acids is 1. The Bertz CT molecular complexity index is 1500. The first-order chi connectivity index (χ1) is 17.1. The van der Waals surface area contributed by atoms with Crippen molar-refractivity contribution in [1.29, 1.82) is 0 Å². The Morgan fingerprint density at radius 2 is 1.46 bits per heavy atom. The number of halogens is 2.